The zero-order valence-corrected chi connectivity index (χ0v) is 19.0. The third kappa shape index (κ3) is 3.24. The van der Waals surface area contributed by atoms with Gasteiger partial charge in [0.15, 0.2) is 5.82 Å². The Morgan fingerprint density at radius 3 is 2.97 bits per heavy atom. The average molecular weight is 480 g/mol. The number of rotatable bonds is 3. The van der Waals surface area contributed by atoms with Gasteiger partial charge in [-0.05, 0) is 54.5 Å². The van der Waals surface area contributed by atoms with Crippen molar-refractivity contribution in [2.75, 3.05) is 5.73 Å². The number of halogens is 2. The lowest BCUT2D eigenvalue weighted by Crippen LogP contribution is -2.39. The fourth-order valence-electron chi connectivity index (χ4n) is 5.02. The average Bonchev–Trinajstić information content (AvgIpc) is 3.55. The molecule has 9 heteroatoms. The van der Waals surface area contributed by atoms with Gasteiger partial charge in [0.2, 0.25) is 5.91 Å². The fraction of sp³-hybridized carbons (Fsp3) is 0.208. The lowest BCUT2D eigenvalue weighted by molar-refractivity contribution is -0.129. The number of pyridine rings is 1. The van der Waals surface area contributed by atoms with Gasteiger partial charge in [-0.25, -0.2) is 9.37 Å². The Balaban J connectivity index is 1.32. The van der Waals surface area contributed by atoms with E-state index in [9.17, 15) is 9.18 Å². The van der Waals surface area contributed by atoms with Gasteiger partial charge >= 0.3 is 0 Å². The van der Waals surface area contributed by atoms with E-state index in [0.717, 1.165) is 40.1 Å². The Labute approximate surface area is 197 Å². The Kier molecular flexibility index (Phi) is 4.74. The molecule has 0 aliphatic carbocycles. The SMILES string of the molecule is Nc1ccc(Cl)c(F)c1C1=CC(=O)N2C(CC[C@H]2c2ncc(-c3ccnc4ccsc34)[nH]2)C1. The number of anilines is 1. The molecule has 1 amide bonds. The number of nitrogens with two attached hydrogens (primary N) is 1. The van der Waals surface area contributed by atoms with Crippen LogP contribution < -0.4 is 5.73 Å². The highest BCUT2D eigenvalue weighted by molar-refractivity contribution is 7.17. The Morgan fingerprint density at radius 1 is 1.21 bits per heavy atom. The van der Waals surface area contributed by atoms with Gasteiger partial charge in [-0.2, -0.15) is 0 Å². The van der Waals surface area contributed by atoms with Crippen molar-refractivity contribution in [2.45, 2.75) is 31.3 Å². The molecule has 3 N–H and O–H groups in total. The van der Waals surface area contributed by atoms with Crippen LogP contribution in [-0.4, -0.2) is 31.8 Å². The van der Waals surface area contributed by atoms with Crippen LogP contribution in [0.3, 0.4) is 0 Å². The van der Waals surface area contributed by atoms with Crippen molar-refractivity contribution in [3.05, 3.63) is 70.3 Å². The molecule has 2 aliphatic rings. The monoisotopic (exact) mass is 479 g/mol. The number of carbonyl (C=O) groups is 1. The van der Waals surface area contributed by atoms with Crippen LogP contribution in [0, 0.1) is 5.82 Å². The van der Waals surface area contributed by atoms with E-state index >= 15 is 0 Å². The molecule has 1 fully saturated rings. The first-order valence-corrected chi connectivity index (χ1v) is 11.9. The van der Waals surface area contributed by atoms with Crippen LogP contribution in [0.5, 0.6) is 0 Å². The number of fused-ring (bicyclic) bond motifs is 2. The molecule has 2 atom stereocenters. The summed E-state index contributed by atoms with van der Waals surface area (Å²) in [6, 6.07) is 6.77. The maximum Gasteiger partial charge on any atom is 0.247 e. The molecule has 3 aromatic heterocycles. The van der Waals surface area contributed by atoms with Crippen LogP contribution in [0.4, 0.5) is 10.1 Å². The second kappa shape index (κ2) is 7.67. The van der Waals surface area contributed by atoms with E-state index in [1.165, 1.54) is 12.1 Å². The standard InChI is InChI=1S/C24H19ClFN5OS/c25-15-2-3-16(27)21(22(15)26)12-9-13-1-4-19(31(13)20(32)10-12)24-29-11-18(30-24)14-5-7-28-17-6-8-33-23(14)17/h2-3,5-8,10-11,13,19H,1,4,9,27H2,(H,29,30)/t13?,19-/m0/s1. The third-order valence-corrected chi connectivity index (χ3v) is 7.73. The largest absolute Gasteiger partial charge is 0.398 e. The van der Waals surface area contributed by atoms with Gasteiger partial charge in [0.05, 0.1) is 33.2 Å². The Bertz CT molecular complexity index is 1440. The molecular formula is C24H19ClFN5OS. The summed E-state index contributed by atoms with van der Waals surface area (Å²) in [5.41, 5.74) is 10.0. The molecule has 1 aromatic carbocycles. The van der Waals surface area contributed by atoms with E-state index in [-0.39, 0.29) is 34.3 Å². The number of hydrogen-bond acceptors (Lipinski definition) is 5. The predicted octanol–water partition coefficient (Wildman–Crippen LogP) is 5.58. The van der Waals surface area contributed by atoms with Gasteiger partial charge in [-0.1, -0.05) is 11.6 Å². The minimum atomic E-state index is -0.577. The van der Waals surface area contributed by atoms with E-state index in [4.69, 9.17) is 17.3 Å². The summed E-state index contributed by atoms with van der Waals surface area (Å²) in [5.74, 6) is 0.0179. The van der Waals surface area contributed by atoms with E-state index in [1.54, 1.807) is 23.6 Å². The van der Waals surface area contributed by atoms with Crippen molar-refractivity contribution in [3.63, 3.8) is 0 Å². The summed E-state index contributed by atoms with van der Waals surface area (Å²) < 4.78 is 15.8. The van der Waals surface area contributed by atoms with Crippen LogP contribution in [0.15, 0.2) is 48.1 Å². The molecule has 0 spiro atoms. The number of nitrogens with one attached hydrogen (secondary N) is 1. The molecule has 1 unspecified atom stereocenters. The number of H-pyrrole nitrogens is 1. The number of aromatic amines is 1. The first-order chi connectivity index (χ1) is 16.0. The van der Waals surface area contributed by atoms with Crippen molar-refractivity contribution < 1.29 is 9.18 Å². The first-order valence-electron chi connectivity index (χ1n) is 10.7. The van der Waals surface area contributed by atoms with Crippen molar-refractivity contribution in [1.29, 1.82) is 0 Å². The summed E-state index contributed by atoms with van der Waals surface area (Å²) in [4.78, 5) is 27.5. The molecule has 6 nitrogen and oxygen atoms in total. The molecule has 1 saturated heterocycles. The maximum absolute atomic E-state index is 14.7. The Hall–Kier alpha value is -3.23. The van der Waals surface area contributed by atoms with Crippen molar-refractivity contribution in [1.82, 2.24) is 19.9 Å². The molecule has 5 heterocycles. The molecule has 6 rings (SSSR count). The van der Waals surface area contributed by atoms with Gasteiger partial charge in [0.25, 0.3) is 0 Å². The summed E-state index contributed by atoms with van der Waals surface area (Å²) in [5, 5.41) is 2.02. The molecule has 0 saturated carbocycles. The molecule has 166 valence electrons. The van der Waals surface area contributed by atoms with Crippen LogP contribution in [0.1, 0.15) is 36.7 Å². The van der Waals surface area contributed by atoms with Crippen LogP contribution in [-0.2, 0) is 4.79 Å². The van der Waals surface area contributed by atoms with Gasteiger partial charge in [-0.15, -0.1) is 11.3 Å². The van der Waals surface area contributed by atoms with Crippen molar-refractivity contribution >= 4 is 50.3 Å². The number of hydrogen-bond donors (Lipinski definition) is 2. The number of nitrogen functional groups attached to an aromatic ring is 1. The number of amides is 1. The smallest absolute Gasteiger partial charge is 0.247 e. The normalized spacial score (nSPS) is 20.4. The number of imidazole rings is 1. The zero-order valence-electron chi connectivity index (χ0n) is 17.4. The predicted molar refractivity (Wildman–Crippen MR) is 128 cm³/mol. The minimum absolute atomic E-state index is 0.00153. The number of nitrogens with zero attached hydrogens (tertiary/aromatic N) is 3. The molecule has 0 radical (unpaired) electrons. The molecule has 2 aliphatic heterocycles. The maximum atomic E-state index is 14.7. The molecular weight excluding hydrogens is 461 g/mol. The lowest BCUT2D eigenvalue weighted by atomic mass is 9.92. The van der Waals surface area contributed by atoms with Gasteiger partial charge in [0, 0.05) is 35.1 Å². The highest BCUT2D eigenvalue weighted by Gasteiger charge is 2.42. The van der Waals surface area contributed by atoms with Crippen LogP contribution in [0.2, 0.25) is 5.02 Å². The quantitative estimate of drug-likeness (QED) is 0.375. The molecule has 33 heavy (non-hydrogen) atoms. The number of benzene rings is 1. The van der Waals surface area contributed by atoms with Crippen molar-refractivity contribution in [3.8, 4) is 11.3 Å². The van der Waals surface area contributed by atoms with E-state index in [0.29, 0.717) is 12.0 Å². The second-order valence-electron chi connectivity index (χ2n) is 8.37. The van der Waals surface area contributed by atoms with E-state index in [2.05, 4.69) is 15.0 Å². The lowest BCUT2D eigenvalue weighted by Gasteiger charge is -2.33. The summed E-state index contributed by atoms with van der Waals surface area (Å²) in [6.45, 7) is 0. The Morgan fingerprint density at radius 2 is 2.09 bits per heavy atom. The summed E-state index contributed by atoms with van der Waals surface area (Å²) in [7, 11) is 0. The highest BCUT2D eigenvalue weighted by atomic mass is 35.5. The van der Waals surface area contributed by atoms with Gasteiger partial charge in [-0.3, -0.25) is 9.78 Å². The zero-order chi connectivity index (χ0) is 22.7. The van der Waals surface area contributed by atoms with Gasteiger partial charge in [0.1, 0.15) is 5.82 Å². The van der Waals surface area contributed by atoms with Gasteiger partial charge < -0.3 is 15.6 Å². The van der Waals surface area contributed by atoms with E-state index in [1.807, 2.05) is 28.6 Å². The topological polar surface area (TPSA) is 87.9 Å². The number of thiophene rings is 1. The number of carbonyl (C=O) groups excluding carboxylic acids is 1. The minimum Gasteiger partial charge on any atom is -0.398 e. The van der Waals surface area contributed by atoms with Crippen molar-refractivity contribution in [2.24, 2.45) is 0 Å². The summed E-state index contributed by atoms with van der Waals surface area (Å²) in [6.07, 6.45) is 7.20. The third-order valence-electron chi connectivity index (χ3n) is 6.50. The second-order valence-corrected chi connectivity index (χ2v) is 9.69. The first kappa shape index (κ1) is 20.4. The van der Waals surface area contributed by atoms with E-state index < -0.39 is 5.82 Å². The van der Waals surface area contributed by atoms with Crippen LogP contribution in [0.25, 0.3) is 27.0 Å². The fourth-order valence-corrected chi connectivity index (χ4v) is 6.05. The molecule has 4 aromatic rings. The highest BCUT2D eigenvalue weighted by Crippen LogP contribution is 2.44. The summed E-state index contributed by atoms with van der Waals surface area (Å²) >= 11 is 7.61. The molecule has 0 bridgehead atoms. The number of aromatic nitrogens is 3. The van der Waals surface area contributed by atoms with Crippen LogP contribution >= 0.6 is 22.9 Å².